The zero-order valence-corrected chi connectivity index (χ0v) is 17.4. The van der Waals surface area contributed by atoms with Gasteiger partial charge in [-0.2, -0.15) is 0 Å². The van der Waals surface area contributed by atoms with Gasteiger partial charge in [-0.05, 0) is 43.7 Å². The number of ether oxygens (including phenoxy) is 1. The van der Waals surface area contributed by atoms with E-state index in [1.807, 2.05) is 6.92 Å². The van der Waals surface area contributed by atoms with Crippen LogP contribution in [0.25, 0.3) is 0 Å². The monoisotopic (exact) mass is 451 g/mol. The smallest absolute Gasteiger partial charge is 0.406 e. The summed E-state index contributed by atoms with van der Waals surface area (Å²) in [7, 11) is -7.85. The van der Waals surface area contributed by atoms with E-state index in [9.17, 15) is 30.0 Å². The van der Waals surface area contributed by atoms with E-state index in [4.69, 9.17) is 0 Å². The molecule has 0 aliphatic heterocycles. The van der Waals surface area contributed by atoms with Gasteiger partial charge in [-0.3, -0.25) is 0 Å². The van der Waals surface area contributed by atoms with E-state index in [-0.39, 0.29) is 4.90 Å². The van der Waals surface area contributed by atoms with Crippen molar-refractivity contribution < 1.29 is 34.7 Å². The van der Waals surface area contributed by atoms with Crippen LogP contribution in [0.4, 0.5) is 13.2 Å². The Bertz CT molecular complexity index is 1050. The van der Waals surface area contributed by atoms with Crippen LogP contribution in [0.3, 0.4) is 0 Å². The lowest BCUT2D eigenvalue weighted by molar-refractivity contribution is -0.274. The minimum absolute atomic E-state index is 0.329. The summed E-state index contributed by atoms with van der Waals surface area (Å²) in [6.07, 6.45) is -3.91. The highest BCUT2D eigenvalue weighted by Gasteiger charge is 2.33. The van der Waals surface area contributed by atoms with E-state index in [1.54, 1.807) is 24.3 Å². The first-order valence-electron chi connectivity index (χ1n) is 8.32. The molecule has 0 amide bonds. The molecule has 2 aromatic carbocycles. The second-order valence-corrected chi connectivity index (χ2v) is 10.7. The summed E-state index contributed by atoms with van der Waals surface area (Å²) in [5.41, 5.74) is 1.34. The summed E-state index contributed by atoms with van der Waals surface area (Å²) in [6, 6.07) is 9.19. The average Bonchev–Trinajstić information content (AvgIpc) is 2.58. The topological polar surface area (TPSA) is 89.5 Å². The fourth-order valence-electron chi connectivity index (χ4n) is 2.51. The fraction of sp³-hybridized carbons (Fsp3) is 0.333. The van der Waals surface area contributed by atoms with Crippen LogP contribution in [0.5, 0.6) is 5.75 Å². The molecule has 11 heteroatoms. The van der Waals surface area contributed by atoms with Gasteiger partial charge < -0.3 is 4.74 Å². The first-order chi connectivity index (χ1) is 13.2. The van der Waals surface area contributed by atoms with Gasteiger partial charge in [-0.1, -0.05) is 29.8 Å². The molecule has 29 heavy (non-hydrogen) atoms. The summed E-state index contributed by atoms with van der Waals surface area (Å²) in [4.78, 5) is -0.329. The lowest BCUT2D eigenvalue weighted by Gasteiger charge is -2.24. The molecule has 2 aromatic rings. The summed E-state index contributed by atoms with van der Waals surface area (Å²) in [5.74, 6) is -0.573. The van der Waals surface area contributed by atoms with E-state index in [1.165, 1.54) is 6.92 Å². The van der Waals surface area contributed by atoms with Crippen molar-refractivity contribution in [2.45, 2.75) is 36.4 Å². The molecule has 0 bridgehead atoms. The number of hydrogen-bond acceptors (Lipinski definition) is 5. The van der Waals surface area contributed by atoms with Crippen molar-refractivity contribution in [1.29, 1.82) is 0 Å². The van der Waals surface area contributed by atoms with Crippen molar-refractivity contribution in [2.75, 3.05) is 6.26 Å². The maximum Gasteiger partial charge on any atom is 0.573 e. The largest absolute Gasteiger partial charge is 0.573 e. The van der Waals surface area contributed by atoms with Crippen molar-refractivity contribution >= 4 is 19.9 Å². The summed E-state index contributed by atoms with van der Waals surface area (Å²) in [6.45, 7) is 3.20. The molecule has 6 nitrogen and oxygen atoms in total. The number of halogens is 3. The van der Waals surface area contributed by atoms with Gasteiger partial charge in [-0.25, -0.2) is 21.6 Å². The van der Waals surface area contributed by atoms with E-state index >= 15 is 0 Å². The zero-order valence-electron chi connectivity index (χ0n) is 15.8. The zero-order chi connectivity index (χ0) is 22.0. The molecule has 0 aromatic heterocycles. The predicted molar refractivity (Wildman–Crippen MR) is 102 cm³/mol. The number of sulfone groups is 1. The maximum atomic E-state index is 12.7. The molecule has 2 rings (SSSR count). The maximum absolute atomic E-state index is 12.7. The van der Waals surface area contributed by atoms with Crippen LogP contribution in [0.1, 0.15) is 24.1 Å². The molecule has 2 unspecified atom stereocenters. The normalized spacial score (nSPS) is 15.0. The van der Waals surface area contributed by atoms with Crippen LogP contribution in [-0.2, 0) is 19.9 Å². The number of alkyl halides is 3. The third-order valence-corrected chi connectivity index (χ3v) is 7.31. The minimum Gasteiger partial charge on any atom is -0.406 e. The van der Waals surface area contributed by atoms with Crippen molar-refractivity contribution in [2.24, 2.45) is 0 Å². The van der Waals surface area contributed by atoms with Crippen LogP contribution in [-0.4, -0.2) is 34.7 Å². The number of hydrogen-bond donors (Lipinski definition) is 1. The quantitative estimate of drug-likeness (QED) is 0.697. The van der Waals surface area contributed by atoms with Gasteiger partial charge in [0, 0.05) is 6.26 Å². The average molecular weight is 451 g/mol. The molecule has 0 saturated heterocycles. The molecule has 0 radical (unpaired) electrons. The van der Waals surface area contributed by atoms with Gasteiger partial charge in [0.05, 0.1) is 16.2 Å². The Kier molecular flexibility index (Phi) is 6.65. The van der Waals surface area contributed by atoms with Gasteiger partial charge >= 0.3 is 6.36 Å². The molecule has 0 spiro atoms. The number of nitrogens with one attached hydrogen (secondary N) is 1. The van der Waals surface area contributed by atoms with Crippen LogP contribution in [0.2, 0.25) is 0 Å². The third kappa shape index (κ3) is 6.44. The van der Waals surface area contributed by atoms with Crippen LogP contribution in [0, 0.1) is 6.92 Å². The highest BCUT2D eigenvalue weighted by atomic mass is 32.2. The summed E-state index contributed by atoms with van der Waals surface area (Å²) >= 11 is 0. The van der Waals surface area contributed by atoms with Crippen molar-refractivity contribution in [1.82, 2.24) is 4.72 Å². The van der Waals surface area contributed by atoms with Crippen molar-refractivity contribution in [3.63, 3.8) is 0 Å². The number of benzene rings is 2. The SMILES string of the molecule is Cc1ccc(C(NS(=O)(=O)c2ccc(OC(F)(F)F)cc2)C(C)S(C)(=O)=O)cc1. The summed E-state index contributed by atoms with van der Waals surface area (Å²) in [5, 5.41) is -1.09. The van der Waals surface area contributed by atoms with Crippen LogP contribution >= 0.6 is 0 Å². The Morgan fingerprint density at radius 1 is 0.931 bits per heavy atom. The van der Waals surface area contributed by atoms with E-state index in [0.717, 1.165) is 36.1 Å². The molecule has 160 valence electrons. The minimum atomic E-state index is -4.90. The molecule has 1 N–H and O–H groups in total. The first kappa shape index (κ1) is 23.2. The van der Waals surface area contributed by atoms with E-state index < -0.39 is 43.3 Å². The molecule has 0 saturated carbocycles. The Morgan fingerprint density at radius 2 is 1.45 bits per heavy atom. The predicted octanol–water partition coefficient (Wildman–Crippen LogP) is 3.35. The fourth-order valence-corrected chi connectivity index (χ4v) is 4.62. The van der Waals surface area contributed by atoms with Gasteiger partial charge in [-0.15, -0.1) is 13.2 Å². The molecule has 0 aliphatic carbocycles. The number of aryl methyl sites for hydroxylation is 1. The third-order valence-electron chi connectivity index (χ3n) is 4.23. The molecule has 0 fully saturated rings. The molecule has 0 heterocycles. The van der Waals surface area contributed by atoms with Gasteiger partial charge in [0.1, 0.15) is 5.75 Å². The van der Waals surface area contributed by atoms with Gasteiger partial charge in [0.25, 0.3) is 0 Å². The van der Waals surface area contributed by atoms with Crippen LogP contribution in [0.15, 0.2) is 53.4 Å². The molecular weight excluding hydrogens is 431 g/mol. The Morgan fingerprint density at radius 3 is 1.90 bits per heavy atom. The number of sulfonamides is 1. The molecule has 0 aliphatic rings. The Hall–Kier alpha value is -2.11. The lowest BCUT2D eigenvalue weighted by Crippen LogP contribution is -2.38. The van der Waals surface area contributed by atoms with E-state index in [0.29, 0.717) is 5.56 Å². The van der Waals surface area contributed by atoms with E-state index in [2.05, 4.69) is 9.46 Å². The second-order valence-electron chi connectivity index (χ2n) is 6.56. The number of rotatable bonds is 7. The lowest BCUT2D eigenvalue weighted by atomic mass is 10.0. The molecule has 2 atom stereocenters. The second kappa shape index (κ2) is 8.33. The van der Waals surface area contributed by atoms with Gasteiger partial charge in [0.15, 0.2) is 9.84 Å². The standard InChI is InChI=1S/C18H20F3NO5S2/c1-12-4-6-14(7-5-12)17(13(2)28(3,23)24)22-29(25,26)16-10-8-15(9-11-16)27-18(19,20)21/h4-11,13,17,22H,1-3H3. The van der Waals surface area contributed by atoms with Crippen LogP contribution < -0.4 is 9.46 Å². The Balaban J connectivity index is 2.37. The van der Waals surface area contributed by atoms with Crippen molar-refractivity contribution in [3.05, 3.63) is 59.7 Å². The van der Waals surface area contributed by atoms with Crippen molar-refractivity contribution in [3.8, 4) is 5.75 Å². The summed E-state index contributed by atoms with van der Waals surface area (Å²) < 4.78 is 92.4. The highest BCUT2D eigenvalue weighted by molar-refractivity contribution is 7.91. The highest BCUT2D eigenvalue weighted by Crippen LogP contribution is 2.27. The van der Waals surface area contributed by atoms with Gasteiger partial charge in [0.2, 0.25) is 10.0 Å². The first-order valence-corrected chi connectivity index (χ1v) is 11.8. The molecular formula is C18H20F3NO5S2. The Labute approximate surface area is 167 Å².